The van der Waals surface area contributed by atoms with E-state index in [2.05, 4.69) is 20.1 Å². The van der Waals surface area contributed by atoms with Gasteiger partial charge in [-0.3, -0.25) is 4.79 Å². The molecule has 0 aliphatic carbocycles. The first-order chi connectivity index (χ1) is 15.5. The summed E-state index contributed by atoms with van der Waals surface area (Å²) in [6.07, 6.45) is 6.69. The second-order valence-electron chi connectivity index (χ2n) is 8.78. The largest absolute Gasteiger partial charge is 0.393 e. The summed E-state index contributed by atoms with van der Waals surface area (Å²) in [6, 6.07) is 8.62. The van der Waals surface area contributed by atoms with Crippen LogP contribution >= 0.6 is 23.2 Å². The third-order valence-electron chi connectivity index (χ3n) is 6.49. The van der Waals surface area contributed by atoms with Crippen molar-refractivity contribution in [3.63, 3.8) is 0 Å². The molecule has 6 nitrogen and oxygen atoms in total. The lowest BCUT2D eigenvalue weighted by atomic mass is 9.93. The molecule has 0 atom stereocenters. The van der Waals surface area contributed by atoms with Crippen molar-refractivity contribution in [1.29, 1.82) is 0 Å². The molecule has 2 N–H and O–H groups in total. The second-order valence-corrected chi connectivity index (χ2v) is 9.65. The van der Waals surface area contributed by atoms with Gasteiger partial charge in [0.2, 0.25) is 0 Å². The van der Waals surface area contributed by atoms with E-state index in [1.807, 2.05) is 0 Å². The third kappa shape index (κ3) is 6.13. The molecule has 2 saturated heterocycles. The number of hydrogen-bond donors (Lipinski definition) is 2. The molecule has 4 rings (SSSR count). The minimum Gasteiger partial charge on any atom is -0.393 e. The zero-order chi connectivity index (χ0) is 22.5. The highest BCUT2D eigenvalue weighted by Gasteiger charge is 2.24. The fourth-order valence-corrected chi connectivity index (χ4v) is 4.89. The summed E-state index contributed by atoms with van der Waals surface area (Å²) < 4.78 is 0. The van der Waals surface area contributed by atoms with Crippen LogP contribution in [0.25, 0.3) is 0 Å². The van der Waals surface area contributed by atoms with Crippen LogP contribution in [-0.4, -0.2) is 59.7 Å². The number of nitrogens with one attached hydrogen (secondary N) is 1. The Bertz CT molecular complexity index is 926. The summed E-state index contributed by atoms with van der Waals surface area (Å²) in [7, 11) is 0. The van der Waals surface area contributed by atoms with Crippen molar-refractivity contribution in [1.82, 2.24) is 9.88 Å². The fraction of sp³-hybridized carbons (Fsp3) is 0.500. The molecule has 172 valence electrons. The Kier molecular flexibility index (Phi) is 7.89. The molecule has 0 unspecified atom stereocenters. The SMILES string of the molecule is O=C(Nc1cc(Cl)cnc1N1CCC(CCN2CCC(O)CC2)CC1)c1cccc(Cl)c1. The van der Waals surface area contributed by atoms with Crippen molar-refractivity contribution in [2.45, 2.75) is 38.2 Å². The third-order valence-corrected chi connectivity index (χ3v) is 6.93. The molecule has 1 aromatic carbocycles. The van der Waals surface area contributed by atoms with Crippen LogP contribution in [0, 0.1) is 5.92 Å². The Balaban J connectivity index is 1.34. The van der Waals surface area contributed by atoms with E-state index in [-0.39, 0.29) is 12.0 Å². The van der Waals surface area contributed by atoms with E-state index in [1.165, 1.54) is 6.42 Å². The van der Waals surface area contributed by atoms with E-state index in [0.717, 1.165) is 64.2 Å². The lowest BCUT2D eigenvalue weighted by Gasteiger charge is -2.35. The molecule has 0 bridgehead atoms. The van der Waals surface area contributed by atoms with Crippen molar-refractivity contribution < 1.29 is 9.90 Å². The van der Waals surface area contributed by atoms with E-state index >= 15 is 0 Å². The first-order valence-electron chi connectivity index (χ1n) is 11.4. The minimum absolute atomic E-state index is 0.116. The van der Waals surface area contributed by atoms with Gasteiger partial charge in [0.05, 0.1) is 16.8 Å². The summed E-state index contributed by atoms with van der Waals surface area (Å²) in [5.41, 5.74) is 1.11. The number of halogens is 2. The standard InChI is InChI=1S/C24H30Cl2N4O2/c25-19-3-1-2-18(14-19)24(32)28-22-15-20(26)16-27-23(22)30-12-5-17(6-13-30)4-9-29-10-7-21(31)8-11-29/h1-3,14-17,21,31H,4-13H2,(H,28,32). The first-order valence-corrected chi connectivity index (χ1v) is 12.1. The molecule has 3 heterocycles. The lowest BCUT2D eigenvalue weighted by Crippen LogP contribution is -2.39. The van der Waals surface area contributed by atoms with E-state index in [0.29, 0.717) is 27.2 Å². The van der Waals surface area contributed by atoms with E-state index in [4.69, 9.17) is 23.2 Å². The van der Waals surface area contributed by atoms with Crippen LogP contribution in [0.1, 0.15) is 42.5 Å². The van der Waals surface area contributed by atoms with Gasteiger partial charge in [0, 0.05) is 43.0 Å². The summed E-state index contributed by atoms with van der Waals surface area (Å²) in [6.45, 7) is 4.92. The van der Waals surface area contributed by atoms with Crippen molar-refractivity contribution >= 4 is 40.6 Å². The molecular formula is C24H30Cl2N4O2. The van der Waals surface area contributed by atoms with Gasteiger partial charge in [-0.15, -0.1) is 0 Å². The quantitative estimate of drug-likeness (QED) is 0.631. The number of nitrogens with zero attached hydrogens (tertiary/aromatic N) is 3. The maximum absolute atomic E-state index is 12.7. The van der Waals surface area contributed by atoms with Gasteiger partial charge in [0.1, 0.15) is 0 Å². The summed E-state index contributed by atoms with van der Waals surface area (Å²) in [5, 5.41) is 13.6. The van der Waals surface area contributed by atoms with Gasteiger partial charge in [-0.05, 0) is 68.8 Å². The van der Waals surface area contributed by atoms with Gasteiger partial charge in [0.25, 0.3) is 5.91 Å². The normalized spacial score (nSPS) is 18.7. The highest BCUT2D eigenvalue weighted by molar-refractivity contribution is 6.31. The maximum atomic E-state index is 12.7. The molecule has 2 aliphatic rings. The number of benzene rings is 1. The number of piperidine rings is 2. The number of aliphatic hydroxyl groups is 1. The zero-order valence-corrected chi connectivity index (χ0v) is 19.7. The number of carbonyl (C=O) groups is 1. The molecule has 32 heavy (non-hydrogen) atoms. The molecule has 0 radical (unpaired) electrons. The molecule has 0 saturated carbocycles. The number of rotatable bonds is 6. The van der Waals surface area contributed by atoms with Crippen LogP contribution in [0.2, 0.25) is 10.0 Å². The highest BCUT2D eigenvalue weighted by Crippen LogP contribution is 2.31. The summed E-state index contributed by atoms with van der Waals surface area (Å²) in [4.78, 5) is 22.0. The lowest BCUT2D eigenvalue weighted by molar-refractivity contribution is 0.0791. The molecule has 2 aromatic rings. The van der Waals surface area contributed by atoms with Crippen LogP contribution in [-0.2, 0) is 0 Å². The van der Waals surface area contributed by atoms with Gasteiger partial charge in [-0.25, -0.2) is 4.98 Å². The van der Waals surface area contributed by atoms with Crippen molar-refractivity contribution in [3.05, 3.63) is 52.1 Å². The van der Waals surface area contributed by atoms with Crippen LogP contribution in [0.5, 0.6) is 0 Å². The summed E-state index contributed by atoms with van der Waals surface area (Å²) in [5.74, 6) is 1.21. The average molecular weight is 477 g/mol. The number of amides is 1. The topological polar surface area (TPSA) is 68.7 Å². The minimum atomic E-state index is -0.237. The number of anilines is 2. The van der Waals surface area contributed by atoms with Gasteiger partial charge in [0.15, 0.2) is 5.82 Å². The Morgan fingerprint density at radius 1 is 1.06 bits per heavy atom. The average Bonchev–Trinajstić information content (AvgIpc) is 2.79. The van der Waals surface area contributed by atoms with Crippen LogP contribution in [0.3, 0.4) is 0 Å². The van der Waals surface area contributed by atoms with Crippen LogP contribution in [0.15, 0.2) is 36.5 Å². The molecule has 8 heteroatoms. The molecule has 1 aromatic heterocycles. The Morgan fingerprint density at radius 2 is 1.81 bits per heavy atom. The summed E-state index contributed by atoms with van der Waals surface area (Å²) >= 11 is 12.2. The van der Waals surface area contributed by atoms with Gasteiger partial charge >= 0.3 is 0 Å². The highest BCUT2D eigenvalue weighted by atomic mass is 35.5. The maximum Gasteiger partial charge on any atom is 0.255 e. The van der Waals surface area contributed by atoms with E-state index < -0.39 is 0 Å². The smallest absolute Gasteiger partial charge is 0.255 e. The molecule has 2 fully saturated rings. The second kappa shape index (κ2) is 10.8. The number of carbonyl (C=O) groups excluding carboxylic acids is 1. The number of aromatic nitrogens is 1. The van der Waals surface area contributed by atoms with Gasteiger partial charge in [-0.2, -0.15) is 0 Å². The monoisotopic (exact) mass is 476 g/mol. The molecule has 0 spiro atoms. The predicted molar refractivity (Wildman–Crippen MR) is 130 cm³/mol. The van der Waals surface area contributed by atoms with Crippen molar-refractivity contribution in [2.24, 2.45) is 5.92 Å². The van der Waals surface area contributed by atoms with E-state index in [1.54, 1.807) is 36.5 Å². The molecule has 1 amide bonds. The van der Waals surface area contributed by atoms with Crippen LogP contribution < -0.4 is 10.2 Å². The predicted octanol–water partition coefficient (Wildman–Crippen LogP) is 4.70. The number of pyridine rings is 1. The Morgan fingerprint density at radius 3 is 2.53 bits per heavy atom. The first kappa shape index (κ1) is 23.3. The van der Waals surface area contributed by atoms with Crippen molar-refractivity contribution in [3.8, 4) is 0 Å². The number of aliphatic hydroxyl groups excluding tert-OH is 1. The van der Waals surface area contributed by atoms with E-state index in [9.17, 15) is 9.90 Å². The van der Waals surface area contributed by atoms with Gasteiger partial charge < -0.3 is 20.2 Å². The zero-order valence-electron chi connectivity index (χ0n) is 18.1. The number of hydrogen-bond acceptors (Lipinski definition) is 5. The fourth-order valence-electron chi connectivity index (χ4n) is 4.54. The molecule has 2 aliphatic heterocycles. The van der Waals surface area contributed by atoms with Crippen molar-refractivity contribution in [2.75, 3.05) is 42.9 Å². The Hall–Kier alpha value is -1.86. The Labute approximate surface area is 199 Å². The van der Waals surface area contributed by atoms with Gasteiger partial charge in [-0.1, -0.05) is 29.3 Å². The van der Waals surface area contributed by atoms with Crippen LogP contribution in [0.4, 0.5) is 11.5 Å². The molecular weight excluding hydrogens is 447 g/mol. The number of likely N-dealkylation sites (tertiary alicyclic amines) is 1.